The lowest BCUT2D eigenvalue weighted by atomic mass is 10.0. The average Bonchev–Trinajstić information content (AvgIpc) is 4.16. The van der Waals surface area contributed by atoms with Gasteiger partial charge < -0.3 is 83.9 Å². The molecule has 0 bridgehead atoms. The second kappa shape index (κ2) is 48.8. The van der Waals surface area contributed by atoms with Gasteiger partial charge in [-0.2, -0.15) is 0 Å². The normalized spacial score (nSPS) is 14.2. The number of ether oxygens (including phenoxy) is 2. The van der Waals surface area contributed by atoms with Crippen molar-refractivity contribution in [3.8, 4) is 0 Å². The van der Waals surface area contributed by atoms with Crippen LogP contribution in [0.15, 0.2) is 4.99 Å². The Hall–Kier alpha value is -7.21. The van der Waals surface area contributed by atoms with Crippen LogP contribution in [-0.4, -0.2) is 210 Å². The molecular formula is C58H102N12O18. The summed E-state index contributed by atoms with van der Waals surface area (Å²) >= 11 is 0. The van der Waals surface area contributed by atoms with Crippen LogP contribution in [0.5, 0.6) is 0 Å². The Morgan fingerprint density at radius 3 is 1.52 bits per heavy atom. The zero-order valence-electron chi connectivity index (χ0n) is 51.5. The molecule has 88 heavy (non-hydrogen) atoms. The van der Waals surface area contributed by atoms with Gasteiger partial charge >= 0.3 is 23.9 Å². The van der Waals surface area contributed by atoms with Crippen molar-refractivity contribution in [2.75, 3.05) is 72.2 Å². The minimum absolute atomic E-state index is 0.00552. The highest BCUT2D eigenvalue weighted by molar-refractivity contribution is 5.96. The van der Waals surface area contributed by atoms with Crippen molar-refractivity contribution in [2.45, 2.75) is 217 Å². The average molecular weight is 1260 g/mol. The fourth-order valence-electron chi connectivity index (χ4n) is 9.82. The Labute approximate surface area is 516 Å². The van der Waals surface area contributed by atoms with Gasteiger partial charge in [0.15, 0.2) is 5.96 Å². The summed E-state index contributed by atoms with van der Waals surface area (Å²) in [6.07, 6.45) is 16.6. The number of guanidine groups is 1. The highest BCUT2D eigenvalue weighted by atomic mass is 16.5. The molecule has 1 saturated heterocycles. The van der Waals surface area contributed by atoms with E-state index in [1.54, 1.807) is 0 Å². The molecule has 1 heterocycles. The lowest BCUT2D eigenvalue weighted by molar-refractivity contribution is -0.142. The molecule has 16 N–H and O–H groups in total. The predicted octanol–water partition coefficient (Wildman–Crippen LogP) is 0.744. The molecule has 0 spiro atoms. The fraction of sp³-hybridized carbons (Fsp3) is 0.776. The summed E-state index contributed by atoms with van der Waals surface area (Å²) < 4.78 is 10.9. The van der Waals surface area contributed by atoms with E-state index < -0.39 is 115 Å². The summed E-state index contributed by atoms with van der Waals surface area (Å²) in [6, 6.07) is -6.60. The van der Waals surface area contributed by atoms with Gasteiger partial charge in [-0.05, 0) is 90.0 Å². The van der Waals surface area contributed by atoms with Gasteiger partial charge in [-0.25, -0.2) is 0 Å². The molecular weight excluding hydrogens is 1150 g/mol. The number of nitrogens with two attached hydrogens (primary N) is 3. The van der Waals surface area contributed by atoms with Gasteiger partial charge in [-0.15, -0.1) is 0 Å². The van der Waals surface area contributed by atoms with Gasteiger partial charge in [0.05, 0.1) is 32.9 Å². The first-order chi connectivity index (χ1) is 42.0. The molecule has 5 atom stereocenters. The van der Waals surface area contributed by atoms with Crippen molar-refractivity contribution in [1.82, 2.24) is 41.7 Å². The highest BCUT2D eigenvalue weighted by Gasteiger charge is 2.36. The van der Waals surface area contributed by atoms with Crippen molar-refractivity contribution in [1.29, 1.82) is 0 Å². The maximum absolute atomic E-state index is 14.1. The third-order valence-electron chi connectivity index (χ3n) is 14.5. The summed E-state index contributed by atoms with van der Waals surface area (Å²) in [5.74, 6) is -10.1. The molecule has 1 rings (SSSR count). The maximum Gasteiger partial charge on any atom is 0.317 e. The third kappa shape index (κ3) is 41.0. The second-order valence-corrected chi connectivity index (χ2v) is 22.1. The Bertz CT molecular complexity index is 2170. The first-order valence-corrected chi connectivity index (χ1v) is 31.1. The Kier molecular flexibility index (Phi) is 43.7. The molecule has 0 radical (unpaired) electrons. The van der Waals surface area contributed by atoms with Crippen LogP contribution in [0.25, 0.3) is 0 Å². The Morgan fingerprint density at radius 2 is 0.989 bits per heavy atom. The van der Waals surface area contributed by atoms with E-state index in [0.717, 1.165) is 49.8 Å². The minimum atomic E-state index is -1.62. The van der Waals surface area contributed by atoms with Crippen LogP contribution in [0.1, 0.15) is 187 Å². The number of carbonyl (C=O) groups is 12. The van der Waals surface area contributed by atoms with E-state index in [1.807, 2.05) is 0 Å². The minimum Gasteiger partial charge on any atom is -0.481 e. The topological polar surface area (TPSA) is 473 Å². The van der Waals surface area contributed by atoms with E-state index in [9.17, 15) is 72.9 Å². The van der Waals surface area contributed by atoms with E-state index >= 15 is 0 Å². The van der Waals surface area contributed by atoms with Gasteiger partial charge in [0, 0.05) is 52.4 Å². The molecule has 0 aromatic heterocycles. The van der Waals surface area contributed by atoms with E-state index in [2.05, 4.69) is 36.9 Å². The first-order valence-electron chi connectivity index (χ1n) is 31.1. The molecule has 1 fully saturated rings. The van der Waals surface area contributed by atoms with E-state index in [0.29, 0.717) is 38.8 Å². The van der Waals surface area contributed by atoms with Crippen LogP contribution in [0.2, 0.25) is 0 Å². The van der Waals surface area contributed by atoms with Crippen LogP contribution in [0, 0.1) is 0 Å². The molecule has 1 aliphatic heterocycles. The van der Waals surface area contributed by atoms with Gasteiger partial charge in [0.1, 0.15) is 36.8 Å². The number of likely N-dealkylation sites (tertiary alicyclic amines) is 1. The van der Waals surface area contributed by atoms with Crippen LogP contribution < -0.4 is 49.1 Å². The first kappa shape index (κ1) is 78.8. The van der Waals surface area contributed by atoms with Gasteiger partial charge in [0.2, 0.25) is 47.3 Å². The van der Waals surface area contributed by atoms with Crippen molar-refractivity contribution >= 4 is 77.1 Å². The molecule has 0 aromatic carbocycles. The van der Waals surface area contributed by atoms with Crippen LogP contribution in [0.3, 0.4) is 0 Å². The third-order valence-corrected chi connectivity index (χ3v) is 14.5. The number of aliphatic carboxylic acids is 4. The molecule has 0 saturated carbocycles. The number of primary amides is 1. The highest BCUT2D eigenvalue weighted by Crippen LogP contribution is 2.19. The van der Waals surface area contributed by atoms with E-state index in [1.165, 1.54) is 56.8 Å². The SMILES string of the molecule is CC(=O)N1CCC[C@H]1C(=O)N[C@@H](CCCN=C(N)N)C(=O)N[C@@H](CCC(=O)O)C(=O)N[C@@H](CCCCN(CC(=O)O)CC(=O)O)C(=O)N[C@@H](CCCCNC(=O)COCCOCCNC(=O)CCCCCCCCCCCCCCCCC(=O)O)C(N)=O. The number of rotatable bonds is 55. The number of unbranched alkanes of at least 4 members (excludes halogenated alkanes) is 15. The smallest absolute Gasteiger partial charge is 0.317 e. The van der Waals surface area contributed by atoms with Crippen LogP contribution >= 0.6 is 0 Å². The number of carboxylic acids is 4. The Balaban J connectivity index is 2.72. The number of carbonyl (C=O) groups excluding carboxylic acids is 8. The van der Waals surface area contributed by atoms with E-state index in [4.69, 9.17) is 31.8 Å². The second-order valence-electron chi connectivity index (χ2n) is 22.1. The predicted molar refractivity (Wildman–Crippen MR) is 323 cm³/mol. The number of hydrogen-bond acceptors (Lipinski definition) is 16. The Morgan fingerprint density at radius 1 is 0.511 bits per heavy atom. The van der Waals surface area contributed by atoms with Crippen molar-refractivity contribution < 1.29 is 87.4 Å². The van der Waals surface area contributed by atoms with Crippen LogP contribution in [0.4, 0.5) is 0 Å². The van der Waals surface area contributed by atoms with Gasteiger partial charge in [-0.3, -0.25) is 67.4 Å². The number of amides is 8. The number of nitrogens with one attached hydrogen (secondary N) is 6. The monoisotopic (exact) mass is 1250 g/mol. The molecule has 0 aromatic rings. The maximum atomic E-state index is 14.1. The molecule has 1 aliphatic rings. The standard InChI is InChI=1S/C58H102N12O18/c1-41(71)70-34-21-25-46(70)57(86)68-44(24-20-31-64-58(60)61)55(84)67-45(28-29-50(76)77)56(85)66-43(23-17-19-33-69(38-51(78)79)39-52(80)81)54(83)65-42(53(59)82)22-16-18-30-62-48(73)40-88-37-36-87-35-32-63-47(72)26-14-12-10-8-6-4-2-3-5-7-9-11-13-15-27-49(74)75/h42-46H,2-40H2,1H3,(H2,59,82)(H,62,73)(H,63,72)(H,65,83)(H,66,85)(H,67,84)(H,68,86)(H,74,75)(H,76,77)(H,78,79)(H,80,81)(H4,60,61,64)/t42-,43-,44-,45-,46-/m0/s1. The fourth-order valence-corrected chi connectivity index (χ4v) is 9.82. The van der Waals surface area contributed by atoms with Crippen molar-refractivity contribution in [3.05, 3.63) is 0 Å². The molecule has 0 unspecified atom stereocenters. The molecule has 0 aliphatic carbocycles. The number of carboxylic acid groups (broad SMARTS) is 4. The lowest BCUT2D eigenvalue weighted by Gasteiger charge is -2.28. The summed E-state index contributed by atoms with van der Waals surface area (Å²) in [4.78, 5) is 157. The molecule has 30 heteroatoms. The van der Waals surface area contributed by atoms with Gasteiger partial charge in [0.25, 0.3) is 0 Å². The molecule has 8 amide bonds. The summed E-state index contributed by atoms with van der Waals surface area (Å²) in [7, 11) is 0. The lowest BCUT2D eigenvalue weighted by Crippen LogP contribution is -2.59. The number of aliphatic imine (C=N–C) groups is 1. The number of hydrogen-bond donors (Lipinski definition) is 13. The van der Waals surface area contributed by atoms with Gasteiger partial charge in [-0.1, -0.05) is 77.0 Å². The van der Waals surface area contributed by atoms with E-state index in [-0.39, 0.29) is 115 Å². The zero-order valence-corrected chi connectivity index (χ0v) is 51.5. The van der Waals surface area contributed by atoms with Crippen molar-refractivity contribution in [2.24, 2.45) is 22.2 Å². The molecule has 502 valence electrons. The largest absolute Gasteiger partial charge is 0.481 e. The van der Waals surface area contributed by atoms with Crippen molar-refractivity contribution in [3.63, 3.8) is 0 Å². The summed E-state index contributed by atoms with van der Waals surface area (Å²) in [5.41, 5.74) is 16.6. The van der Waals surface area contributed by atoms with Crippen LogP contribution in [-0.2, 0) is 67.0 Å². The quantitative estimate of drug-likeness (QED) is 0.0227. The molecule has 30 nitrogen and oxygen atoms in total. The summed E-state index contributed by atoms with van der Waals surface area (Å²) in [5, 5.41) is 52.6. The zero-order chi connectivity index (χ0) is 65.5. The summed E-state index contributed by atoms with van der Waals surface area (Å²) in [6.45, 7) is 1.26. The number of nitrogens with zero attached hydrogens (tertiary/aromatic N) is 3.